The number of rotatable bonds is 5. The molecule has 7 nitrogen and oxygen atoms in total. The molecule has 0 bridgehead atoms. The Morgan fingerprint density at radius 3 is 2.59 bits per heavy atom. The zero-order chi connectivity index (χ0) is 20.6. The van der Waals surface area contributed by atoms with E-state index in [0.29, 0.717) is 16.9 Å². The predicted molar refractivity (Wildman–Crippen MR) is 109 cm³/mol. The van der Waals surface area contributed by atoms with Crippen molar-refractivity contribution in [3.8, 4) is 0 Å². The highest BCUT2D eigenvalue weighted by molar-refractivity contribution is 6.18. The normalized spacial score (nSPS) is 20.5. The van der Waals surface area contributed by atoms with E-state index in [0.717, 1.165) is 5.56 Å². The second-order valence-corrected chi connectivity index (χ2v) is 7.33. The van der Waals surface area contributed by atoms with Crippen LogP contribution in [0.15, 0.2) is 48.5 Å². The summed E-state index contributed by atoms with van der Waals surface area (Å²) in [5.74, 6) is -0.847. The second-order valence-electron chi connectivity index (χ2n) is 7.33. The van der Waals surface area contributed by atoms with Crippen LogP contribution in [-0.4, -0.2) is 48.5 Å². The van der Waals surface area contributed by atoms with Crippen LogP contribution in [0.5, 0.6) is 0 Å². The van der Waals surface area contributed by atoms with Gasteiger partial charge in [0.05, 0.1) is 17.9 Å². The molecule has 150 valence electrons. The van der Waals surface area contributed by atoms with E-state index < -0.39 is 11.6 Å². The molecule has 7 heteroatoms. The van der Waals surface area contributed by atoms with Crippen LogP contribution in [0, 0.1) is 6.92 Å². The summed E-state index contributed by atoms with van der Waals surface area (Å²) in [4.78, 5) is 42.8. The molecule has 0 aliphatic carbocycles. The summed E-state index contributed by atoms with van der Waals surface area (Å²) in [6.45, 7) is 2.43. The van der Waals surface area contributed by atoms with Gasteiger partial charge in [-0.05, 0) is 31.2 Å². The molecule has 1 saturated heterocycles. The van der Waals surface area contributed by atoms with Crippen molar-refractivity contribution >= 4 is 29.1 Å². The summed E-state index contributed by atoms with van der Waals surface area (Å²) in [6.07, 6.45) is 0.416. The molecule has 2 aliphatic rings. The van der Waals surface area contributed by atoms with Gasteiger partial charge in [0, 0.05) is 32.2 Å². The van der Waals surface area contributed by atoms with Gasteiger partial charge < -0.3 is 15.0 Å². The van der Waals surface area contributed by atoms with Gasteiger partial charge in [0.2, 0.25) is 11.6 Å². The van der Waals surface area contributed by atoms with Crippen molar-refractivity contribution in [3.05, 3.63) is 59.7 Å². The van der Waals surface area contributed by atoms with Gasteiger partial charge in [-0.25, -0.2) is 0 Å². The zero-order valence-corrected chi connectivity index (χ0v) is 16.5. The highest BCUT2D eigenvalue weighted by atomic mass is 16.5. The SMILES string of the molecule is COCCN1C(=O)c2ccccc2N2C(=O)CC[C@@]12C(=O)Nc1ccc(C)cc1. The topological polar surface area (TPSA) is 79.0 Å². The molecule has 3 amide bonds. The first-order chi connectivity index (χ1) is 14.0. The van der Waals surface area contributed by atoms with Crippen LogP contribution in [0.3, 0.4) is 0 Å². The van der Waals surface area contributed by atoms with Gasteiger partial charge in [0.15, 0.2) is 0 Å². The Morgan fingerprint density at radius 2 is 1.86 bits per heavy atom. The standard InChI is InChI=1S/C22H23N3O4/c1-15-7-9-16(10-8-15)23-21(28)22-12-11-19(26)25(22)18-6-4-3-5-17(18)20(27)24(22)13-14-29-2/h3-10H,11-14H2,1-2H3,(H,23,28)/t22-/m1/s1. The molecule has 1 atom stereocenters. The van der Waals surface area contributed by atoms with E-state index in [1.54, 1.807) is 31.4 Å². The maximum atomic E-state index is 13.6. The number of aryl methyl sites for hydroxylation is 1. The Hall–Kier alpha value is -3.19. The lowest BCUT2D eigenvalue weighted by molar-refractivity contribution is -0.129. The van der Waals surface area contributed by atoms with E-state index >= 15 is 0 Å². The summed E-state index contributed by atoms with van der Waals surface area (Å²) in [5, 5.41) is 2.91. The van der Waals surface area contributed by atoms with Crippen LogP contribution in [-0.2, 0) is 14.3 Å². The summed E-state index contributed by atoms with van der Waals surface area (Å²) < 4.78 is 5.18. The van der Waals surface area contributed by atoms with Crippen LogP contribution in [0.4, 0.5) is 11.4 Å². The molecule has 2 aromatic carbocycles. The minimum absolute atomic E-state index is 0.175. The molecule has 0 aromatic heterocycles. The molecule has 2 aliphatic heterocycles. The third kappa shape index (κ3) is 2.98. The smallest absolute Gasteiger partial charge is 0.271 e. The Kier molecular flexibility index (Phi) is 4.84. The molecule has 0 unspecified atom stereocenters. The monoisotopic (exact) mass is 393 g/mol. The highest BCUT2D eigenvalue weighted by Gasteiger charge is 2.60. The van der Waals surface area contributed by atoms with Gasteiger partial charge in [0.1, 0.15) is 0 Å². The van der Waals surface area contributed by atoms with Gasteiger partial charge in [-0.3, -0.25) is 19.3 Å². The lowest BCUT2D eigenvalue weighted by Gasteiger charge is -2.49. The second kappa shape index (κ2) is 7.33. The first-order valence-electron chi connectivity index (χ1n) is 9.60. The minimum Gasteiger partial charge on any atom is -0.383 e. The van der Waals surface area contributed by atoms with E-state index in [1.165, 1.54) is 9.80 Å². The van der Waals surface area contributed by atoms with Gasteiger partial charge in [0.25, 0.3) is 11.8 Å². The Labute approximate surface area is 169 Å². The fourth-order valence-corrected chi connectivity index (χ4v) is 4.14. The number of nitrogens with zero attached hydrogens (tertiary/aromatic N) is 2. The number of carbonyl (C=O) groups is 3. The fourth-order valence-electron chi connectivity index (χ4n) is 4.14. The van der Waals surface area contributed by atoms with Crippen molar-refractivity contribution in [1.29, 1.82) is 0 Å². The molecule has 1 fully saturated rings. The number of fused-ring (bicyclic) bond motifs is 3. The zero-order valence-electron chi connectivity index (χ0n) is 16.5. The number of ether oxygens (including phenoxy) is 1. The van der Waals surface area contributed by atoms with Gasteiger partial charge in [-0.2, -0.15) is 0 Å². The molecule has 0 spiro atoms. The summed E-state index contributed by atoms with van der Waals surface area (Å²) in [7, 11) is 1.54. The number of hydrogen-bond donors (Lipinski definition) is 1. The number of carbonyl (C=O) groups excluding carboxylic acids is 3. The molecule has 1 N–H and O–H groups in total. The molecule has 4 rings (SSSR count). The Balaban J connectivity index is 1.81. The highest BCUT2D eigenvalue weighted by Crippen LogP contribution is 2.44. The number of anilines is 2. The number of hydrogen-bond acceptors (Lipinski definition) is 4. The average Bonchev–Trinajstić information content (AvgIpc) is 3.08. The van der Waals surface area contributed by atoms with Gasteiger partial charge in [-0.15, -0.1) is 0 Å². The number of benzene rings is 2. The van der Waals surface area contributed by atoms with Crippen LogP contribution in [0.2, 0.25) is 0 Å². The molecule has 29 heavy (non-hydrogen) atoms. The van der Waals surface area contributed by atoms with Crippen molar-refractivity contribution in [2.45, 2.75) is 25.4 Å². The first kappa shape index (κ1) is 19.1. The molecule has 2 heterocycles. The maximum absolute atomic E-state index is 13.6. The van der Waals surface area contributed by atoms with Crippen molar-refractivity contribution < 1.29 is 19.1 Å². The van der Waals surface area contributed by atoms with E-state index in [1.807, 2.05) is 31.2 Å². The van der Waals surface area contributed by atoms with E-state index in [2.05, 4.69) is 5.32 Å². The lowest BCUT2D eigenvalue weighted by atomic mass is 9.95. The van der Waals surface area contributed by atoms with Crippen molar-refractivity contribution in [2.24, 2.45) is 0 Å². The van der Waals surface area contributed by atoms with Crippen molar-refractivity contribution in [2.75, 3.05) is 30.5 Å². The molecule has 0 saturated carbocycles. The minimum atomic E-state index is -1.41. The van der Waals surface area contributed by atoms with Crippen molar-refractivity contribution in [3.63, 3.8) is 0 Å². The maximum Gasteiger partial charge on any atom is 0.271 e. The average molecular weight is 393 g/mol. The molecule has 0 radical (unpaired) electrons. The summed E-state index contributed by atoms with van der Waals surface area (Å²) >= 11 is 0. The van der Waals surface area contributed by atoms with E-state index in [-0.39, 0.29) is 37.8 Å². The van der Waals surface area contributed by atoms with Gasteiger partial charge in [-0.1, -0.05) is 29.8 Å². The Bertz CT molecular complexity index is 972. The Morgan fingerprint density at radius 1 is 1.14 bits per heavy atom. The first-order valence-corrected chi connectivity index (χ1v) is 9.60. The third-order valence-electron chi connectivity index (χ3n) is 5.57. The van der Waals surface area contributed by atoms with E-state index in [4.69, 9.17) is 4.74 Å². The largest absolute Gasteiger partial charge is 0.383 e. The summed E-state index contributed by atoms with van der Waals surface area (Å²) in [5.41, 5.74) is 1.17. The number of para-hydroxylation sites is 1. The third-order valence-corrected chi connectivity index (χ3v) is 5.57. The lowest BCUT2D eigenvalue weighted by Crippen LogP contribution is -2.69. The van der Waals surface area contributed by atoms with Gasteiger partial charge >= 0.3 is 0 Å². The van der Waals surface area contributed by atoms with Crippen LogP contribution < -0.4 is 10.2 Å². The van der Waals surface area contributed by atoms with E-state index in [9.17, 15) is 14.4 Å². The van der Waals surface area contributed by atoms with Crippen LogP contribution in [0.1, 0.15) is 28.8 Å². The van der Waals surface area contributed by atoms with Crippen LogP contribution in [0.25, 0.3) is 0 Å². The van der Waals surface area contributed by atoms with Crippen molar-refractivity contribution in [1.82, 2.24) is 4.90 Å². The van der Waals surface area contributed by atoms with Crippen LogP contribution >= 0.6 is 0 Å². The molecule has 2 aromatic rings. The number of amides is 3. The predicted octanol–water partition coefficient (Wildman–Crippen LogP) is 2.56. The quantitative estimate of drug-likeness (QED) is 0.847. The fraction of sp³-hybridized carbons (Fsp3) is 0.318. The number of nitrogens with one attached hydrogen (secondary N) is 1. The molecular weight excluding hydrogens is 370 g/mol. The number of methoxy groups -OCH3 is 1. The molecular formula is C22H23N3O4. The summed E-state index contributed by atoms with van der Waals surface area (Å²) in [6, 6.07) is 14.3.